The zero-order chi connectivity index (χ0) is 10.0. The van der Waals surface area contributed by atoms with Crippen LogP contribution >= 0.6 is 11.5 Å². The first-order valence-corrected chi connectivity index (χ1v) is 5.33. The summed E-state index contributed by atoms with van der Waals surface area (Å²) >= 11 is 1.30. The molecule has 5 heteroatoms. The van der Waals surface area contributed by atoms with E-state index in [2.05, 4.69) is 4.37 Å². The molecule has 78 valence electrons. The molecule has 0 atom stereocenters. The van der Waals surface area contributed by atoms with Crippen molar-refractivity contribution in [2.75, 3.05) is 20.3 Å². The molecule has 0 radical (unpaired) electrons. The Kier molecular flexibility index (Phi) is 2.71. The number of hydrogen-bond acceptors (Lipinski definition) is 5. The fourth-order valence-electron chi connectivity index (χ4n) is 1.53. The summed E-state index contributed by atoms with van der Waals surface area (Å²) < 4.78 is 14.3. The van der Waals surface area contributed by atoms with Gasteiger partial charge >= 0.3 is 0 Å². The van der Waals surface area contributed by atoms with Gasteiger partial charge in [-0.25, -0.2) is 0 Å². The predicted octanol–water partition coefficient (Wildman–Crippen LogP) is 1.15. The molecule has 1 aliphatic heterocycles. The van der Waals surface area contributed by atoms with Crippen molar-refractivity contribution in [3.63, 3.8) is 0 Å². The maximum Gasteiger partial charge on any atom is 0.225 e. The van der Waals surface area contributed by atoms with Gasteiger partial charge in [0, 0.05) is 32.1 Å². The summed E-state index contributed by atoms with van der Waals surface area (Å²) in [4.78, 5) is 0.873. The van der Waals surface area contributed by atoms with Crippen molar-refractivity contribution < 1.29 is 14.6 Å². The Morgan fingerprint density at radius 1 is 1.57 bits per heavy atom. The van der Waals surface area contributed by atoms with Gasteiger partial charge in [-0.3, -0.25) is 0 Å². The minimum atomic E-state index is -0.757. The summed E-state index contributed by atoms with van der Waals surface area (Å²) in [6.45, 7) is 1.22. The van der Waals surface area contributed by atoms with Gasteiger partial charge in [-0.05, 0) is 11.5 Å². The van der Waals surface area contributed by atoms with Crippen LogP contribution in [0.4, 0.5) is 0 Å². The molecule has 1 fully saturated rings. The molecule has 0 aliphatic carbocycles. The Labute approximate surface area is 86.6 Å². The predicted molar refractivity (Wildman–Crippen MR) is 52.6 cm³/mol. The van der Waals surface area contributed by atoms with Crippen molar-refractivity contribution in [1.82, 2.24) is 4.37 Å². The molecule has 2 heterocycles. The van der Waals surface area contributed by atoms with Gasteiger partial charge < -0.3 is 14.6 Å². The molecule has 4 nitrogen and oxygen atoms in total. The second-order valence-corrected chi connectivity index (χ2v) is 4.18. The van der Waals surface area contributed by atoms with Crippen LogP contribution in [0, 0.1) is 0 Å². The van der Waals surface area contributed by atoms with Gasteiger partial charge in [0.25, 0.3) is 0 Å². The first-order chi connectivity index (χ1) is 6.74. The molecule has 0 unspecified atom stereocenters. The van der Waals surface area contributed by atoms with E-state index in [-0.39, 0.29) is 0 Å². The molecule has 0 saturated carbocycles. The Hall–Kier alpha value is -0.650. The normalized spacial score (nSPS) is 20.7. The smallest absolute Gasteiger partial charge is 0.225 e. The molecule has 1 aliphatic rings. The molecule has 0 bridgehead atoms. The molecule has 0 amide bonds. The van der Waals surface area contributed by atoms with Crippen molar-refractivity contribution in [2.45, 2.75) is 18.4 Å². The summed E-state index contributed by atoms with van der Waals surface area (Å²) in [6, 6.07) is 1.80. The van der Waals surface area contributed by atoms with Crippen LogP contribution < -0.4 is 4.74 Å². The maximum absolute atomic E-state index is 10.3. The third kappa shape index (κ3) is 1.75. The number of aromatic nitrogens is 1. The Bertz CT molecular complexity index is 307. The van der Waals surface area contributed by atoms with E-state index in [1.54, 1.807) is 13.2 Å². The van der Waals surface area contributed by atoms with Crippen LogP contribution in [0.15, 0.2) is 6.07 Å². The van der Waals surface area contributed by atoms with Crippen molar-refractivity contribution in [3.05, 3.63) is 10.9 Å². The average Bonchev–Trinajstić information content (AvgIpc) is 2.67. The number of hydrogen-bond donors (Lipinski definition) is 1. The lowest BCUT2D eigenvalue weighted by molar-refractivity contribution is -0.0656. The van der Waals surface area contributed by atoms with Gasteiger partial charge in [0.15, 0.2) is 0 Å². The quantitative estimate of drug-likeness (QED) is 0.804. The van der Waals surface area contributed by atoms with Crippen molar-refractivity contribution >= 4 is 11.5 Å². The molecule has 14 heavy (non-hydrogen) atoms. The lowest BCUT2D eigenvalue weighted by atomic mass is 9.93. The topological polar surface area (TPSA) is 51.6 Å². The Balaban J connectivity index is 2.19. The molecule has 1 aromatic rings. The van der Waals surface area contributed by atoms with Crippen LogP contribution in [0.25, 0.3) is 0 Å². The summed E-state index contributed by atoms with van der Waals surface area (Å²) in [5, 5.41) is 10.3. The Morgan fingerprint density at radius 3 is 2.86 bits per heavy atom. The second-order valence-electron chi connectivity index (χ2n) is 3.38. The summed E-state index contributed by atoms with van der Waals surface area (Å²) in [6.07, 6.45) is 1.27. The largest absolute Gasteiger partial charge is 0.480 e. The highest BCUT2D eigenvalue weighted by Crippen LogP contribution is 2.35. The van der Waals surface area contributed by atoms with E-state index < -0.39 is 5.60 Å². The summed E-state index contributed by atoms with van der Waals surface area (Å²) in [5.41, 5.74) is -0.757. The van der Waals surface area contributed by atoms with Gasteiger partial charge in [0.2, 0.25) is 5.88 Å². The standard InChI is InChI=1S/C9H13NO3S/c1-12-8-6-7(14-10-8)9(11)2-4-13-5-3-9/h6,11H,2-5H2,1H3. The molecule has 0 spiro atoms. The van der Waals surface area contributed by atoms with Gasteiger partial charge in [-0.15, -0.1) is 0 Å². The van der Waals surface area contributed by atoms with Gasteiger partial charge in [-0.2, -0.15) is 4.37 Å². The Morgan fingerprint density at radius 2 is 2.29 bits per heavy atom. The van der Waals surface area contributed by atoms with E-state index in [1.165, 1.54) is 11.5 Å². The van der Waals surface area contributed by atoms with Crippen molar-refractivity contribution in [2.24, 2.45) is 0 Å². The SMILES string of the molecule is COc1cc(C2(O)CCOCC2)sn1. The van der Waals surface area contributed by atoms with Crippen molar-refractivity contribution in [1.29, 1.82) is 0 Å². The number of methoxy groups -OCH3 is 1. The number of ether oxygens (including phenoxy) is 2. The maximum atomic E-state index is 10.3. The van der Waals surface area contributed by atoms with Crippen LogP contribution in [0.1, 0.15) is 17.7 Å². The van der Waals surface area contributed by atoms with Gasteiger partial charge in [-0.1, -0.05) is 0 Å². The zero-order valence-corrected chi connectivity index (χ0v) is 8.84. The lowest BCUT2D eigenvalue weighted by Gasteiger charge is -2.30. The van der Waals surface area contributed by atoms with E-state index in [0.29, 0.717) is 31.9 Å². The molecular formula is C9H13NO3S. The van der Waals surface area contributed by atoms with Crippen LogP contribution in [-0.2, 0) is 10.3 Å². The van der Waals surface area contributed by atoms with Crippen LogP contribution in [0.2, 0.25) is 0 Å². The molecule has 1 aromatic heterocycles. The second kappa shape index (κ2) is 3.84. The highest BCUT2D eigenvalue weighted by atomic mass is 32.1. The van der Waals surface area contributed by atoms with E-state index in [9.17, 15) is 5.11 Å². The molecular weight excluding hydrogens is 202 g/mol. The van der Waals surface area contributed by atoms with E-state index in [4.69, 9.17) is 9.47 Å². The van der Waals surface area contributed by atoms with Crippen molar-refractivity contribution in [3.8, 4) is 5.88 Å². The van der Waals surface area contributed by atoms with Crippen LogP contribution in [0.3, 0.4) is 0 Å². The number of aliphatic hydroxyl groups is 1. The number of rotatable bonds is 2. The van der Waals surface area contributed by atoms with E-state index in [1.807, 2.05) is 0 Å². The van der Waals surface area contributed by atoms with Crippen LogP contribution in [-0.4, -0.2) is 29.8 Å². The lowest BCUT2D eigenvalue weighted by Crippen LogP contribution is -2.32. The zero-order valence-electron chi connectivity index (χ0n) is 8.02. The average molecular weight is 215 g/mol. The fourth-order valence-corrected chi connectivity index (χ4v) is 2.37. The summed E-state index contributed by atoms with van der Waals surface area (Å²) in [7, 11) is 1.58. The highest BCUT2D eigenvalue weighted by Gasteiger charge is 2.33. The fraction of sp³-hybridized carbons (Fsp3) is 0.667. The molecule has 1 N–H and O–H groups in total. The van der Waals surface area contributed by atoms with E-state index >= 15 is 0 Å². The summed E-state index contributed by atoms with van der Waals surface area (Å²) in [5.74, 6) is 0.574. The first-order valence-electron chi connectivity index (χ1n) is 4.56. The monoisotopic (exact) mass is 215 g/mol. The third-order valence-corrected chi connectivity index (χ3v) is 3.44. The van der Waals surface area contributed by atoms with E-state index in [0.717, 1.165) is 4.88 Å². The third-order valence-electron chi connectivity index (χ3n) is 2.48. The first kappa shape index (κ1) is 9.89. The molecule has 2 rings (SSSR count). The van der Waals surface area contributed by atoms with Gasteiger partial charge in [0.1, 0.15) is 5.60 Å². The molecule has 0 aromatic carbocycles. The molecule has 1 saturated heterocycles. The van der Waals surface area contributed by atoms with Crippen LogP contribution in [0.5, 0.6) is 5.88 Å². The van der Waals surface area contributed by atoms with Gasteiger partial charge in [0.05, 0.1) is 12.0 Å². The minimum absolute atomic E-state index is 0.574. The number of nitrogens with zero attached hydrogens (tertiary/aromatic N) is 1. The minimum Gasteiger partial charge on any atom is -0.480 e. The highest BCUT2D eigenvalue weighted by molar-refractivity contribution is 7.06.